The van der Waals surface area contributed by atoms with Gasteiger partial charge in [0.2, 0.25) is 11.9 Å². The van der Waals surface area contributed by atoms with Crippen LogP contribution in [0.15, 0.2) is 17.3 Å². The van der Waals surface area contributed by atoms with Crippen molar-refractivity contribution in [3.05, 3.63) is 17.2 Å². The maximum Gasteiger partial charge on any atom is 0.234 e. The van der Waals surface area contributed by atoms with Crippen molar-refractivity contribution in [2.45, 2.75) is 30.6 Å². The molecule has 180 valence electrons. The number of hydrogen-bond acceptors (Lipinski definition) is 9. The zero-order chi connectivity index (χ0) is 23.2. The SMILES string of the molecule is COc1cc(NC(=O)CSc2nnc(N3CCOCC3)n2CC2CCCO2)c(OC)cc1Cl. The van der Waals surface area contributed by atoms with Crippen LogP contribution >= 0.6 is 23.4 Å². The fraction of sp³-hybridized carbons (Fsp3) is 0.571. The third-order valence-electron chi connectivity index (χ3n) is 5.48. The molecule has 12 heteroatoms. The van der Waals surface area contributed by atoms with E-state index in [4.69, 9.17) is 30.5 Å². The first-order valence-corrected chi connectivity index (χ1v) is 12.2. The maximum absolute atomic E-state index is 12.7. The number of nitrogens with zero attached hydrogens (tertiary/aromatic N) is 4. The summed E-state index contributed by atoms with van der Waals surface area (Å²) in [6, 6.07) is 3.25. The lowest BCUT2D eigenvalue weighted by Crippen LogP contribution is -2.38. The summed E-state index contributed by atoms with van der Waals surface area (Å²) in [6.45, 7) is 4.26. The van der Waals surface area contributed by atoms with Gasteiger partial charge in [-0.1, -0.05) is 23.4 Å². The molecule has 0 bridgehead atoms. The largest absolute Gasteiger partial charge is 0.495 e. The number of nitrogens with one attached hydrogen (secondary N) is 1. The third-order valence-corrected chi connectivity index (χ3v) is 6.74. The summed E-state index contributed by atoms with van der Waals surface area (Å²) in [5.41, 5.74) is 0.485. The van der Waals surface area contributed by atoms with Crippen LogP contribution in [-0.2, 0) is 20.8 Å². The molecule has 2 aliphatic heterocycles. The fourth-order valence-electron chi connectivity index (χ4n) is 3.81. The maximum atomic E-state index is 12.7. The molecule has 1 unspecified atom stereocenters. The van der Waals surface area contributed by atoms with E-state index in [1.54, 1.807) is 12.1 Å². The van der Waals surface area contributed by atoms with Crippen molar-refractivity contribution in [1.82, 2.24) is 14.8 Å². The highest BCUT2D eigenvalue weighted by Crippen LogP contribution is 2.36. The number of morpholine rings is 1. The van der Waals surface area contributed by atoms with E-state index >= 15 is 0 Å². The van der Waals surface area contributed by atoms with Gasteiger partial charge in [0, 0.05) is 31.8 Å². The Hall–Kier alpha value is -2.21. The van der Waals surface area contributed by atoms with Crippen molar-refractivity contribution in [3.8, 4) is 11.5 Å². The summed E-state index contributed by atoms with van der Waals surface area (Å²) in [6.07, 6.45) is 2.18. The Morgan fingerprint density at radius 3 is 2.70 bits per heavy atom. The Morgan fingerprint density at radius 1 is 1.21 bits per heavy atom. The number of aromatic nitrogens is 3. The molecule has 4 rings (SSSR count). The van der Waals surface area contributed by atoms with Crippen LogP contribution in [0.2, 0.25) is 5.02 Å². The third kappa shape index (κ3) is 5.84. The van der Waals surface area contributed by atoms with E-state index in [9.17, 15) is 4.79 Å². The molecular weight excluding hydrogens is 470 g/mol. The van der Waals surface area contributed by atoms with Crippen LogP contribution in [0.25, 0.3) is 0 Å². The van der Waals surface area contributed by atoms with Crippen molar-refractivity contribution in [3.63, 3.8) is 0 Å². The number of hydrogen-bond donors (Lipinski definition) is 1. The predicted molar refractivity (Wildman–Crippen MR) is 126 cm³/mol. The van der Waals surface area contributed by atoms with Crippen molar-refractivity contribution in [2.24, 2.45) is 0 Å². The topological polar surface area (TPSA) is 100.0 Å². The van der Waals surface area contributed by atoms with Gasteiger partial charge in [0.15, 0.2) is 5.16 Å². The van der Waals surface area contributed by atoms with Gasteiger partial charge in [0.05, 0.1) is 56.5 Å². The number of anilines is 2. The van der Waals surface area contributed by atoms with Crippen LogP contribution in [0.3, 0.4) is 0 Å². The van der Waals surface area contributed by atoms with Gasteiger partial charge in [0.25, 0.3) is 0 Å². The number of ether oxygens (including phenoxy) is 4. The number of halogens is 1. The second-order valence-corrected chi connectivity index (χ2v) is 9.00. The van der Waals surface area contributed by atoms with Gasteiger partial charge >= 0.3 is 0 Å². The Morgan fingerprint density at radius 2 is 2.00 bits per heavy atom. The second kappa shape index (κ2) is 11.3. The fourth-order valence-corrected chi connectivity index (χ4v) is 4.79. The van der Waals surface area contributed by atoms with E-state index in [1.165, 1.54) is 26.0 Å². The average molecular weight is 498 g/mol. The van der Waals surface area contributed by atoms with Crippen LogP contribution in [0.4, 0.5) is 11.6 Å². The standard InChI is InChI=1S/C21H28ClN5O5S/c1-29-17-11-16(18(30-2)10-15(17)22)23-19(28)13-33-21-25-24-20(26-5-8-31-9-6-26)27(21)12-14-4-3-7-32-14/h10-11,14H,3-9,12-13H2,1-2H3,(H,23,28). The molecule has 1 atom stereocenters. The van der Waals surface area contributed by atoms with E-state index in [0.717, 1.165) is 38.5 Å². The number of thioether (sulfide) groups is 1. The van der Waals surface area contributed by atoms with Crippen molar-refractivity contribution >= 4 is 40.9 Å². The first kappa shape index (κ1) is 23.9. The van der Waals surface area contributed by atoms with Crippen LogP contribution < -0.4 is 19.7 Å². The number of methoxy groups -OCH3 is 2. The minimum Gasteiger partial charge on any atom is -0.495 e. The Kier molecular flexibility index (Phi) is 8.18. The molecule has 3 heterocycles. The van der Waals surface area contributed by atoms with Gasteiger partial charge in [-0.25, -0.2) is 0 Å². The van der Waals surface area contributed by atoms with Crippen molar-refractivity contribution in [2.75, 3.05) is 63.1 Å². The minimum atomic E-state index is -0.206. The highest BCUT2D eigenvalue weighted by molar-refractivity contribution is 7.99. The molecular formula is C21H28ClN5O5S. The Labute approximate surface area is 201 Å². The lowest BCUT2D eigenvalue weighted by molar-refractivity contribution is -0.113. The molecule has 0 radical (unpaired) electrons. The molecule has 0 saturated carbocycles. The first-order valence-electron chi connectivity index (χ1n) is 10.8. The molecule has 1 amide bonds. The summed E-state index contributed by atoms with van der Waals surface area (Å²) in [5.74, 6) is 1.64. The summed E-state index contributed by atoms with van der Waals surface area (Å²) in [4.78, 5) is 14.9. The number of carbonyl (C=O) groups excluding carboxylic acids is 1. The Balaban J connectivity index is 1.46. The summed E-state index contributed by atoms with van der Waals surface area (Å²) in [7, 11) is 3.03. The number of carbonyl (C=O) groups is 1. The molecule has 2 aromatic rings. The lowest BCUT2D eigenvalue weighted by Gasteiger charge is -2.28. The van der Waals surface area contributed by atoms with Gasteiger partial charge < -0.3 is 29.2 Å². The number of benzene rings is 1. The number of amides is 1. The summed E-state index contributed by atoms with van der Waals surface area (Å²) < 4.78 is 24.0. The van der Waals surface area contributed by atoms with Gasteiger partial charge in [-0.3, -0.25) is 9.36 Å². The van der Waals surface area contributed by atoms with Gasteiger partial charge in [-0.2, -0.15) is 0 Å². The van der Waals surface area contributed by atoms with Crippen LogP contribution in [-0.4, -0.2) is 79.7 Å². The highest BCUT2D eigenvalue weighted by Gasteiger charge is 2.25. The molecule has 1 aromatic heterocycles. The van der Waals surface area contributed by atoms with Gasteiger partial charge in [-0.15, -0.1) is 10.2 Å². The molecule has 1 N–H and O–H groups in total. The van der Waals surface area contributed by atoms with E-state index in [0.29, 0.717) is 47.1 Å². The molecule has 2 aliphatic rings. The monoisotopic (exact) mass is 497 g/mol. The van der Waals surface area contributed by atoms with Crippen LogP contribution in [0, 0.1) is 0 Å². The van der Waals surface area contributed by atoms with E-state index in [1.807, 2.05) is 0 Å². The molecule has 10 nitrogen and oxygen atoms in total. The van der Waals surface area contributed by atoms with E-state index in [-0.39, 0.29) is 17.8 Å². The smallest absolute Gasteiger partial charge is 0.234 e. The number of rotatable bonds is 9. The summed E-state index contributed by atoms with van der Waals surface area (Å²) in [5, 5.41) is 12.8. The zero-order valence-corrected chi connectivity index (χ0v) is 20.3. The van der Waals surface area contributed by atoms with Gasteiger partial charge in [-0.05, 0) is 12.8 Å². The Bertz CT molecular complexity index is 963. The predicted octanol–water partition coefficient (Wildman–Crippen LogP) is 2.70. The first-order chi connectivity index (χ1) is 16.1. The molecule has 2 fully saturated rings. The molecule has 2 saturated heterocycles. The normalized spacial score (nSPS) is 18.4. The quantitative estimate of drug-likeness (QED) is 0.524. The average Bonchev–Trinajstić information content (AvgIpc) is 3.49. The molecule has 0 aliphatic carbocycles. The second-order valence-electron chi connectivity index (χ2n) is 7.65. The van der Waals surface area contributed by atoms with Crippen LogP contribution in [0.5, 0.6) is 11.5 Å². The molecule has 33 heavy (non-hydrogen) atoms. The summed E-state index contributed by atoms with van der Waals surface area (Å²) >= 11 is 7.48. The van der Waals surface area contributed by atoms with Crippen LogP contribution in [0.1, 0.15) is 12.8 Å². The minimum absolute atomic E-state index is 0.125. The highest BCUT2D eigenvalue weighted by atomic mass is 35.5. The molecule has 1 aromatic carbocycles. The zero-order valence-electron chi connectivity index (χ0n) is 18.7. The molecule has 0 spiro atoms. The van der Waals surface area contributed by atoms with Crippen molar-refractivity contribution in [1.29, 1.82) is 0 Å². The van der Waals surface area contributed by atoms with Gasteiger partial charge in [0.1, 0.15) is 11.5 Å². The van der Waals surface area contributed by atoms with E-state index < -0.39 is 0 Å². The lowest BCUT2D eigenvalue weighted by atomic mass is 10.2. The van der Waals surface area contributed by atoms with Crippen molar-refractivity contribution < 1.29 is 23.7 Å². The van der Waals surface area contributed by atoms with E-state index in [2.05, 4.69) is 25.0 Å².